The van der Waals surface area contributed by atoms with E-state index < -0.39 is 0 Å². The van der Waals surface area contributed by atoms with Crippen molar-refractivity contribution in [2.45, 2.75) is 19.8 Å². The molecule has 2 heterocycles. The smallest absolute Gasteiger partial charge is 0.220 e. The van der Waals surface area contributed by atoms with Crippen molar-refractivity contribution in [3.8, 4) is 0 Å². The Bertz CT molecular complexity index is 413. The van der Waals surface area contributed by atoms with Crippen LogP contribution in [0.3, 0.4) is 0 Å². The molecular weight excluding hydrogens is 228 g/mol. The summed E-state index contributed by atoms with van der Waals surface area (Å²) < 4.78 is 0. The van der Waals surface area contributed by atoms with Crippen LogP contribution in [0.2, 0.25) is 0 Å². The molecule has 0 unspecified atom stereocenters. The van der Waals surface area contributed by atoms with Crippen molar-refractivity contribution in [1.29, 1.82) is 0 Å². The summed E-state index contributed by atoms with van der Waals surface area (Å²) in [7, 11) is 0. The monoisotopic (exact) mass is 248 g/mol. The first kappa shape index (κ1) is 12.7. The number of carbonyl (C=O) groups is 1. The summed E-state index contributed by atoms with van der Waals surface area (Å²) in [5, 5.41) is 3.20. The van der Waals surface area contributed by atoms with E-state index in [0.29, 0.717) is 0 Å². The van der Waals surface area contributed by atoms with Gasteiger partial charge in [0.2, 0.25) is 5.91 Å². The number of nitrogens with zero attached hydrogens (tertiary/aromatic N) is 2. The first-order valence-electron chi connectivity index (χ1n) is 6.45. The number of aromatic nitrogens is 1. The van der Waals surface area contributed by atoms with Crippen molar-refractivity contribution in [1.82, 2.24) is 4.98 Å². The van der Waals surface area contributed by atoms with Gasteiger partial charge >= 0.3 is 0 Å². The van der Waals surface area contributed by atoms with E-state index in [2.05, 4.69) is 15.2 Å². The van der Waals surface area contributed by atoms with E-state index in [-0.39, 0.29) is 11.8 Å². The summed E-state index contributed by atoms with van der Waals surface area (Å²) >= 11 is 0. The van der Waals surface area contributed by atoms with Gasteiger partial charge in [-0.1, -0.05) is 0 Å². The third kappa shape index (κ3) is 2.91. The van der Waals surface area contributed by atoms with E-state index in [1.807, 2.05) is 25.3 Å². The average molecular weight is 248 g/mol. The van der Waals surface area contributed by atoms with Gasteiger partial charge in [-0.25, -0.2) is 4.98 Å². The van der Waals surface area contributed by atoms with Crippen LogP contribution in [0.15, 0.2) is 18.3 Å². The van der Waals surface area contributed by atoms with E-state index in [0.717, 1.165) is 44.0 Å². The van der Waals surface area contributed by atoms with Gasteiger partial charge < -0.3 is 16.0 Å². The van der Waals surface area contributed by atoms with Crippen LogP contribution in [0.5, 0.6) is 0 Å². The molecule has 1 aliphatic rings. The molecular formula is C13H20N4O. The first-order chi connectivity index (χ1) is 8.70. The number of hydrogen-bond donors (Lipinski definition) is 2. The van der Waals surface area contributed by atoms with Crippen LogP contribution in [0.25, 0.3) is 0 Å². The molecule has 1 aromatic heterocycles. The fraction of sp³-hybridized carbons (Fsp3) is 0.538. The second kappa shape index (κ2) is 5.71. The Morgan fingerprint density at radius 2 is 2.28 bits per heavy atom. The minimum absolute atomic E-state index is 0.0383. The van der Waals surface area contributed by atoms with Gasteiger partial charge in [0.1, 0.15) is 5.82 Å². The molecule has 0 radical (unpaired) electrons. The lowest BCUT2D eigenvalue weighted by Gasteiger charge is -2.32. The largest absolute Gasteiger partial charge is 0.371 e. The predicted octanol–water partition coefficient (Wildman–Crippen LogP) is 1.22. The second-order valence-corrected chi connectivity index (χ2v) is 4.59. The van der Waals surface area contributed by atoms with Gasteiger partial charge in [0.25, 0.3) is 0 Å². The van der Waals surface area contributed by atoms with Crippen LogP contribution in [0, 0.1) is 5.92 Å². The van der Waals surface area contributed by atoms with E-state index in [4.69, 9.17) is 5.73 Å². The zero-order valence-corrected chi connectivity index (χ0v) is 10.7. The van der Waals surface area contributed by atoms with Crippen LogP contribution < -0.4 is 16.0 Å². The Hall–Kier alpha value is -1.78. The topological polar surface area (TPSA) is 71.2 Å². The molecule has 1 aromatic rings. The number of nitrogens with two attached hydrogens (primary N) is 1. The number of anilines is 2. The van der Waals surface area contributed by atoms with Gasteiger partial charge in [-0.2, -0.15) is 0 Å². The molecule has 1 saturated heterocycles. The van der Waals surface area contributed by atoms with Crippen molar-refractivity contribution >= 4 is 17.4 Å². The van der Waals surface area contributed by atoms with Gasteiger partial charge in [0, 0.05) is 43.5 Å². The van der Waals surface area contributed by atoms with Gasteiger partial charge in [0.15, 0.2) is 0 Å². The molecule has 3 N–H and O–H groups in total. The minimum Gasteiger partial charge on any atom is -0.371 e. The van der Waals surface area contributed by atoms with Crippen molar-refractivity contribution in [3.63, 3.8) is 0 Å². The fourth-order valence-corrected chi connectivity index (χ4v) is 2.32. The zero-order valence-electron chi connectivity index (χ0n) is 10.7. The lowest BCUT2D eigenvalue weighted by atomic mass is 9.96. The number of hydrogen-bond acceptors (Lipinski definition) is 4. The highest BCUT2D eigenvalue weighted by molar-refractivity contribution is 5.77. The molecule has 0 spiro atoms. The number of pyridine rings is 1. The zero-order chi connectivity index (χ0) is 13.0. The van der Waals surface area contributed by atoms with Crippen LogP contribution in [-0.4, -0.2) is 30.5 Å². The summed E-state index contributed by atoms with van der Waals surface area (Å²) in [5.41, 5.74) is 6.49. The number of primary amides is 1. The Balaban J connectivity index is 2.00. The van der Waals surface area contributed by atoms with Crippen LogP contribution in [-0.2, 0) is 4.79 Å². The SMILES string of the molecule is CCNc1cc(N2CCC(C(N)=O)CC2)ccn1. The highest BCUT2D eigenvalue weighted by Gasteiger charge is 2.23. The third-order valence-electron chi connectivity index (χ3n) is 3.36. The van der Waals surface area contributed by atoms with E-state index in [1.165, 1.54) is 0 Å². The molecule has 0 aromatic carbocycles. The summed E-state index contributed by atoms with van der Waals surface area (Å²) in [6.07, 6.45) is 3.50. The van der Waals surface area contributed by atoms with Crippen molar-refractivity contribution in [2.75, 3.05) is 29.9 Å². The molecule has 0 aliphatic carbocycles. The standard InChI is InChI=1S/C13H20N4O/c1-2-15-12-9-11(3-6-16-12)17-7-4-10(5-8-17)13(14)18/h3,6,9-10H,2,4-5,7-8H2,1H3,(H2,14,18)(H,15,16). The Kier molecular flexibility index (Phi) is 4.02. The Labute approximate surface area is 107 Å². The fourth-order valence-electron chi connectivity index (χ4n) is 2.32. The van der Waals surface area contributed by atoms with E-state index in [9.17, 15) is 4.79 Å². The summed E-state index contributed by atoms with van der Waals surface area (Å²) in [6, 6.07) is 4.06. The summed E-state index contributed by atoms with van der Waals surface area (Å²) in [6.45, 7) is 4.67. The molecule has 1 amide bonds. The number of amides is 1. The lowest BCUT2D eigenvalue weighted by Crippen LogP contribution is -2.38. The molecule has 2 rings (SSSR count). The predicted molar refractivity (Wildman–Crippen MR) is 72.5 cm³/mol. The van der Waals surface area contributed by atoms with Crippen LogP contribution in [0.1, 0.15) is 19.8 Å². The Morgan fingerprint density at radius 1 is 1.56 bits per heavy atom. The maximum Gasteiger partial charge on any atom is 0.220 e. The number of nitrogens with one attached hydrogen (secondary N) is 1. The van der Waals surface area contributed by atoms with Crippen molar-refractivity contribution in [3.05, 3.63) is 18.3 Å². The summed E-state index contributed by atoms with van der Waals surface area (Å²) in [5.74, 6) is 0.765. The normalized spacial score (nSPS) is 16.6. The summed E-state index contributed by atoms with van der Waals surface area (Å²) in [4.78, 5) is 17.7. The number of piperidine rings is 1. The number of rotatable bonds is 4. The molecule has 18 heavy (non-hydrogen) atoms. The minimum atomic E-state index is -0.169. The number of carbonyl (C=O) groups excluding carboxylic acids is 1. The van der Waals surface area contributed by atoms with Crippen molar-refractivity contribution < 1.29 is 4.79 Å². The molecule has 0 saturated carbocycles. The second-order valence-electron chi connectivity index (χ2n) is 4.59. The van der Waals surface area contributed by atoms with Crippen LogP contribution >= 0.6 is 0 Å². The van der Waals surface area contributed by atoms with E-state index >= 15 is 0 Å². The molecule has 1 aliphatic heterocycles. The molecule has 5 nitrogen and oxygen atoms in total. The maximum atomic E-state index is 11.1. The molecule has 0 atom stereocenters. The van der Waals surface area contributed by atoms with Crippen LogP contribution in [0.4, 0.5) is 11.5 Å². The quantitative estimate of drug-likeness (QED) is 0.840. The Morgan fingerprint density at radius 3 is 2.89 bits per heavy atom. The molecule has 5 heteroatoms. The van der Waals surface area contributed by atoms with Gasteiger partial charge in [-0.3, -0.25) is 4.79 Å². The molecule has 0 bridgehead atoms. The van der Waals surface area contributed by atoms with Gasteiger partial charge in [-0.15, -0.1) is 0 Å². The highest BCUT2D eigenvalue weighted by atomic mass is 16.1. The van der Waals surface area contributed by atoms with E-state index in [1.54, 1.807) is 0 Å². The first-order valence-corrected chi connectivity index (χ1v) is 6.45. The average Bonchev–Trinajstić information content (AvgIpc) is 2.39. The molecule has 98 valence electrons. The third-order valence-corrected chi connectivity index (χ3v) is 3.36. The van der Waals surface area contributed by atoms with Crippen molar-refractivity contribution in [2.24, 2.45) is 11.7 Å². The van der Waals surface area contributed by atoms with Gasteiger partial charge in [0.05, 0.1) is 0 Å². The lowest BCUT2D eigenvalue weighted by molar-refractivity contribution is -0.122. The maximum absolute atomic E-state index is 11.1. The van der Waals surface area contributed by atoms with Gasteiger partial charge in [-0.05, 0) is 25.8 Å². The molecule has 1 fully saturated rings. The highest BCUT2D eigenvalue weighted by Crippen LogP contribution is 2.24.